The van der Waals surface area contributed by atoms with Gasteiger partial charge in [0.1, 0.15) is 0 Å². The van der Waals surface area contributed by atoms with Crippen molar-refractivity contribution in [2.75, 3.05) is 13.1 Å². The molecule has 1 aliphatic rings. The standard InChI is InChI=1S/C21H21N5O5/c1-14-9-13-31-19(14)20(27)22-15-6-10-24(11-7-15)21(28)18-8-12-25(23-18)16-2-4-17(5-3-16)26(29)30/h2-5,8-9,12-13,15H,6-7,10-11H2,1H3,(H,22,27). The number of nitrogens with zero attached hydrogens (tertiary/aromatic N) is 4. The number of non-ortho nitro benzene ring substituents is 1. The molecule has 10 nitrogen and oxygen atoms in total. The second-order valence-corrected chi connectivity index (χ2v) is 7.39. The number of aromatic nitrogens is 2. The highest BCUT2D eigenvalue weighted by molar-refractivity contribution is 5.93. The van der Waals surface area contributed by atoms with Crippen LogP contribution in [-0.2, 0) is 0 Å². The first kappa shape index (κ1) is 20.3. The van der Waals surface area contributed by atoms with Crippen LogP contribution in [0.5, 0.6) is 0 Å². The van der Waals surface area contributed by atoms with Gasteiger partial charge in [0, 0.05) is 43.0 Å². The van der Waals surface area contributed by atoms with Gasteiger partial charge in [-0.05, 0) is 44.0 Å². The van der Waals surface area contributed by atoms with E-state index < -0.39 is 4.92 Å². The van der Waals surface area contributed by atoms with Crippen LogP contribution in [0.3, 0.4) is 0 Å². The van der Waals surface area contributed by atoms with E-state index in [9.17, 15) is 19.7 Å². The zero-order valence-corrected chi connectivity index (χ0v) is 16.9. The van der Waals surface area contributed by atoms with Crippen molar-refractivity contribution in [1.29, 1.82) is 0 Å². The number of nitro groups is 1. The summed E-state index contributed by atoms with van der Waals surface area (Å²) in [4.78, 5) is 37.1. The van der Waals surface area contributed by atoms with E-state index in [4.69, 9.17) is 4.42 Å². The maximum Gasteiger partial charge on any atom is 0.287 e. The van der Waals surface area contributed by atoms with E-state index >= 15 is 0 Å². The van der Waals surface area contributed by atoms with E-state index in [1.54, 1.807) is 35.4 Å². The van der Waals surface area contributed by atoms with Crippen LogP contribution in [0, 0.1) is 17.0 Å². The van der Waals surface area contributed by atoms with Crippen molar-refractivity contribution in [2.45, 2.75) is 25.8 Å². The number of hydrogen-bond donors (Lipinski definition) is 1. The molecule has 1 saturated heterocycles. The normalized spacial score (nSPS) is 14.4. The molecule has 31 heavy (non-hydrogen) atoms. The number of rotatable bonds is 5. The fraction of sp³-hybridized carbons (Fsp3) is 0.286. The molecule has 160 valence electrons. The Bertz CT molecular complexity index is 1110. The van der Waals surface area contributed by atoms with Gasteiger partial charge in [0.05, 0.1) is 16.9 Å². The van der Waals surface area contributed by atoms with Crippen LogP contribution in [-0.4, -0.2) is 50.5 Å². The molecular formula is C21H21N5O5. The first-order chi connectivity index (χ1) is 14.9. The van der Waals surface area contributed by atoms with Gasteiger partial charge in [-0.3, -0.25) is 19.7 Å². The number of benzene rings is 1. The monoisotopic (exact) mass is 423 g/mol. The molecule has 0 spiro atoms. The third-order valence-corrected chi connectivity index (χ3v) is 5.32. The summed E-state index contributed by atoms with van der Waals surface area (Å²) in [5, 5.41) is 18.1. The largest absolute Gasteiger partial charge is 0.459 e. The maximum atomic E-state index is 12.8. The lowest BCUT2D eigenvalue weighted by molar-refractivity contribution is -0.384. The van der Waals surface area contributed by atoms with Gasteiger partial charge in [-0.1, -0.05) is 0 Å². The first-order valence-corrected chi connectivity index (χ1v) is 9.87. The van der Waals surface area contributed by atoms with E-state index in [0.717, 1.165) is 5.56 Å². The third kappa shape index (κ3) is 4.32. The lowest BCUT2D eigenvalue weighted by Crippen LogP contribution is -2.46. The quantitative estimate of drug-likeness (QED) is 0.497. The van der Waals surface area contributed by atoms with Gasteiger partial charge in [-0.15, -0.1) is 0 Å². The molecule has 0 bridgehead atoms. The van der Waals surface area contributed by atoms with Gasteiger partial charge in [-0.2, -0.15) is 5.10 Å². The van der Waals surface area contributed by atoms with Crippen molar-refractivity contribution in [3.63, 3.8) is 0 Å². The third-order valence-electron chi connectivity index (χ3n) is 5.32. The van der Waals surface area contributed by atoms with Crippen molar-refractivity contribution in [1.82, 2.24) is 20.0 Å². The van der Waals surface area contributed by atoms with Crippen LogP contribution in [0.1, 0.15) is 39.4 Å². The highest BCUT2D eigenvalue weighted by atomic mass is 16.6. The smallest absolute Gasteiger partial charge is 0.287 e. The average Bonchev–Trinajstić information content (AvgIpc) is 3.43. The van der Waals surface area contributed by atoms with Crippen molar-refractivity contribution < 1.29 is 18.9 Å². The molecule has 1 aliphatic heterocycles. The Morgan fingerprint density at radius 2 is 1.87 bits per heavy atom. The van der Waals surface area contributed by atoms with E-state index in [0.29, 0.717) is 43.1 Å². The molecule has 0 unspecified atom stereocenters. The SMILES string of the molecule is Cc1ccoc1C(=O)NC1CCN(C(=O)c2ccn(-c3ccc([N+](=O)[O-])cc3)n2)CC1. The summed E-state index contributed by atoms with van der Waals surface area (Å²) in [6.45, 7) is 2.83. The Morgan fingerprint density at radius 3 is 2.48 bits per heavy atom. The van der Waals surface area contributed by atoms with Gasteiger partial charge in [0.15, 0.2) is 11.5 Å². The Morgan fingerprint density at radius 1 is 1.16 bits per heavy atom. The summed E-state index contributed by atoms with van der Waals surface area (Å²) < 4.78 is 6.73. The lowest BCUT2D eigenvalue weighted by atomic mass is 10.0. The molecule has 0 atom stereocenters. The first-order valence-electron chi connectivity index (χ1n) is 9.87. The zero-order valence-electron chi connectivity index (χ0n) is 16.9. The molecule has 3 heterocycles. The molecule has 1 aromatic carbocycles. The topological polar surface area (TPSA) is 124 Å². The summed E-state index contributed by atoms with van der Waals surface area (Å²) in [6, 6.07) is 9.27. The van der Waals surface area contributed by atoms with E-state index in [1.165, 1.54) is 23.1 Å². The average molecular weight is 423 g/mol. The van der Waals surface area contributed by atoms with Gasteiger partial charge < -0.3 is 14.6 Å². The minimum Gasteiger partial charge on any atom is -0.459 e. The zero-order chi connectivity index (χ0) is 22.0. The molecule has 0 saturated carbocycles. The minimum atomic E-state index is -0.469. The Hall–Kier alpha value is -3.95. The van der Waals surface area contributed by atoms with E-state index in [1.807, 2.05) is 6.92 Å². The highest BCUT2D eigenvalue weighted by Gasteiger charge is 2.27. The lowest BCUT2D eigenvalue weighted by Gasteiger charge is -2.31. The Labute approximate surface area is 177 Å². The van der Waals surface area contributed by atoms with Gasteiger partial charge in [0.2, 0.25) is 0 Å². The number of piperidine rings is 1. The van der Waals surface area contributed by atoms with Crippen molar-refractivity contribution in [2.24, 2.45) is 0 Å². The summed E-state index contributed by atoms with van der Waals surface area (Å²) >= 11 is 0. The molecule has 4 rings (SSSR count). The Balaban J connectivity index is 1.34. The highest BCUT2D eigenvalue weighted by Crippen LogP contribution is 2.18. The number of aryl methyl sites for hydroxylation is 1. The van der Waals surface area contributed by atoms with Gasteiger partial charge >= 0.3 is 0 Å². The number of hydrogen-bond acceptors (Lipinski definition) is 6. The van der Waals surface area contributed by atoms with Crippen LogP contribution in [0.15, 0.2) is 53.3 Å². The summed E-state index contributed by atoms with van der Waals surface area (Å²) in [7, 11) is 0. The van der Waals surface area contributed by atoms with Crippen LogP contribution < -0.4 is 5.32 Å². The van der Waals surface area contributed by atoms with Crippen molar-refractivity contribution >= 4 is 17.5 Å². The predicted molar refractivity (Wildman–Crippen MR) is 110 cm³/mol. The molecule has 2 amide bonds. The van der Waals surface area contributed by atoms with Crippen molar-refractivity contribution in [3.8, 4) is 5.69 Å². The Kier molecular flexibility index (Phi) is 5.52. The fourth-order valence-corrected chi connectivity index (χ4v) is 3.55. The minimum absolute atomic E-state index is 0.00984. The molecule has 2 aromatic heterocycles. The summed E-state index contributed by atoms with van der Waals surface area (Å²) in [5.41, 5.74) is 1.70. The van der Waals surface area contributed by atoms with Gasteiger partial charge in [-0.25, -0.2) is 4.68 Å². The maximum absolute atomic E-state index is 12.8. The number of carbonyl (C=O) groups is 2. The molecule has 0 radical (unpaired) electrons. The van der Waals surface area contributed by atoms with E-state index in [2.05, 4.69) is 10.4 Å². The number of amides is 2. The second kappa shape index (κ2) is 8.42. The van der Waals surface area contributed by atoms with Crippen LogP contribution in [0.25, 0.3) is 5.69 Å². The number of carbonyl (C=O) groups excluding carboxylic acids is 2. The number of nitrogens with one attached hydrogen (secondary N) is 1. The molecule has 1 N–H and O–H groups in total. The van der Waals surface area contributed by atoms with Crippen LogP contribution in [0.2, 0.25) is 0 Å². The number of nitro benzene ring substituents is 1. The summed E-state index contributed by atoms with van der Waals surface area (Å²) in [5.74, 6) is -0.114. The summed E-state index contributed by atoms with van der Waals surface area (Å²) in [6.07, 6.45) is 4.41. The van der Waals surface area contributed by atoms with Crippen LogP contribution >= 0.6 is 0 Å². The van der Waals surface area contributed by atoms with Crippen molar-refractivity contribution in [3.05, 3.63) is 76.0 Å². The predicted octanol–water partition coefficient (Wildman–Crippen LogP) is 2.72. The van der Waals surface area contributed by atoms with Gasteiger partial charge in [0.25, 0.3) is 17.5 Å². The number of likely N-dealkylation sites (tertiary alicyclic amines) is 1. The molecule has 1 fully saturated rings. The van der Waals surface area contributed by atoms with E-state index in [-0.39, 0.29) is 23.5 Å². The molecule has 3 aromatic rings. The second-order valence-electron chi connectivity index (χ2n) is 7.39. The molecular weight excluding hydrogens is 402 g/mol. The molecule has 0 aliphatic carbocycles. The molecule has 10 heteroatoms. The number of furan rings is 1. The van der Waals surface area contributed by atoms with Crippen LogP contribution in [0.4, 0.5) is 5.69 Å². The fourth-order valence-electron chi connectivity index (χ4n) is 3.55.